The molecular formula is C22H36N4O. The van der Waals surface area contributed by atoms with Crippen LogP contribution in [0.4, 0.5) is 5.69 Å². The van der Waals surface area contributed by atoms with E-state index in [0.717, 1.165) is 57.8 Å². The zero-order valence-corrected chi connectivity index (χ0v) is 17.1. The van der Waals surface area contributed by atoms with E-state index in [2.05, 4.69) is 59.4 Å². The molecular weight excluding hydrogens is 336 g/mol. The maximum atomic E-state index is 5.48. The number of nitrogens with zero attached hydrogens (tertiary/aromatic N) is 3. The number of hydrogen-bond acceptors (Lipinski definition) is 3. The lowest BCUT2D eigenvalue weighted by Crippen LogP contribution is -2.40. The monoisotopic (exact) mass is 372 g/mol. The van der Waals surface area contributed by atoms with Gasteiger partial charge in [-0.05, 0) is 56.6 Å². The van der Waals surface area contributed by atoms with Gasteiger partial charge in [-0.2, -0.15) is 0 Å². The van der Waals surface area contributed by atoms with Crippen molar-refractivity contribution in [1.82, 2.24) is 10.2 Å². The van der Waals surface area contributed by atoms with E-state index in [4.69, 9.17) is 9.73 Å². The third kappa shape index (κ3) is 6.13. The number of aliphatic imine (C=N–C) groups is 1. The van der Waals surface area contributed by atoms with E-state index in [0.29, 0.717) is 5.92 Å². The Labute approximate surface area is 164 Å². The smallest absolute Gasteiger partial charge is 0.193 e. The minimum absolute atomic E-state index is 0.641. The molecule has 1 aromatic rings. The van der Waals surface area contributed by atoms with E-state index in [1.54, 1.807) is 0 Å². The summed E-state index contributed by atoms with van der Waals surface area (Å²) in [4.78, 5) is 9.76. The lowest BCUT2D eigenvalue weighted by molar-refractivity contribution is 0.0625. The van der Waals surface area contributed by atoms with Gasteiger partial charge in [0, 0.05) is 58.7 Å². The van der Waals surface area contributed by atoms with Gasteiger partial charge in [0.2, 0.25) is 0 Å². The van der Waals surface area contributed by atoms with Gasteiger partial charge in [0.1, 0.15) is 0 Å². The second-order valence-electron chi connectivity index (χ2n) is 7.90. The Kier molecular flexibility index (Phi) is 7.81. The third-order valence-electron chi connectivity index (χ3n) is 5.82. The molecule has 5 nitrogen and oxygen atoms in total. The fourth-order valence-corrected chi connectivity index (χ4v) is 4.06. The summed E-state index contributed by atoms with van der Waals surface area (Å²) < 4.78 is 5.48. The molecule has 2 aliphatic heterocycles. The number of guanidine groups is 1. The van der Waals surface area contributed by atoms with Crippen molar-refractivity contribution in [3.05, 3.63) is 30.3 Å². The SMILES string of the molecule is CCNC(=NCC1CCN(c2ccccc2)C1)N(C)CCC1CCOCC1. The second kappa shape index (κ2) is 10.5. The van der Waals surface area contributed by atoms with Crippen molar-refractivity contribution in [3.63, 3.8) is 0 Å². The number of rotatable bonds is 7. The lowest BCUT2D eigenvalue weighted by Gasteiger charge is -2.27. The molecule has 150 valence electrons. The van der Waals surface area contributed by atoms with E-state index in [9.17, 15) is 0 Å². The van der Waals surface area contributed by atoms with E-state index in [1.807, 2.05) is 0 Å². The average molecular weight is 373 g/mol. The van der Waals surface area contributed by atoms with Crippen molar-refractivity contribution >= 4 is 11.6 Å². The quantitative estimate of drug-likeness (QED) is 0.589. The van der Waals surface area contributed by atoms with Crippen molar-refractivity contribution in [2.45, 2.75) is 32.6 Å². The van der Waals surface area contributed by atoms with Gasteiger partial charge >= 0.3 is 0 Å². The molecule has 0 aliphatic carbocycles. The average Bonchev–Trinajstić information content (AvgIpc) is 3.20. The van der Waals surface area contributed by atoms with Gasteiger partial charge in [-0.25, -0.2) is 0 Å². The van der Waals surface area contributed by atoms with Crippen LogP contribution in [0.1, 0.15) is 32.6 Å². The first-order valence-corrected chi connectivity index (χ1v) is 10.6. The molecule has 0 radical (unpaired) electrons. The van der Waals surface area contributed by atoms with Crippen molar-refractivity contribution < 1.29 is 4.74 Å². The van der Waals surface area contributed by atoms with Crippen LogP contribution in [-0.2, 0) is 4.74 Å². The van der Waals surface area contributed by atoms with Gasteiger partial charge < -0.3 is 19.9 Å². The predicted molar refractivity (Wildman–Crippen MR) is 114 cm³/mol. The van der Waals surface area contributed by atoms with Crippen molar-refractivity contribution in [2.24, 2.45) is 16.8 Å². The highest BCUT2D eigenvalue weighted by Gasteiger charge is 2.23. The zero-order valence-electron chi connectivity index (χ0n) is 17.1. The van der Waals surface area contributed by atoms with Gasteiger partial charge in [0.25, 0.3) is 0 Å². The Morgan fingerprint density at radius 3 is 2.70 bits per heavy atom. The molecule has 2 saturated heterocycles. The fraction of sp³-hybridized carbons (Fsp3) is 0.682. The Morgan fingerprint density at radius 2 is 1.96 bits per heavy atom. The fourth-order valence-electron chi connectivity index (χ4n) is 4.06. The largest absolute Gasteiger partial charge is 0.381 e. The second-order valence-corrected chi connectivity index (χ2v) is 7.90. The molecule has 2 aliphatic rings. The summed E-state index contributed by atoms with van der Waals surface area (Å²) in [6.07, 6.45) is 4.87. The number of hydrogen-bond donors (Lipinski definition) is 1. The third-order valence-corrected chi connectivity index (χ3v) is 5.82. The predicted octanol–water partition coefficient (Wildman–Crippen LogP) is 3.23. The van der Waals surface area contributed by atoms with Crippen LogP contribution >= 0.6 is 0 Å². The summed E-state index contributed by atoms with van der Waals surface area (Å²) in [5, 5.41) is 3.47. The van der Waals surface area contributed by atoms with Crippen LogP contribution in [0.3, 0.4) is 0 Å². The van der Waals surface area contributed by atoms with Crippen molar-refractivity contribution in [3.8, 4) is 0 Å². The van der Waals surface area contributed by atoms with Gasteiger partial charge in [0.15, 0.2) is 5.96 Å². The number of benzene rings is 1. The molecule has 1 unspecified atom stereocenters. The normalized spacial score (nSPS) is 21.5. The molecule has 1 atom stereocenters. The first-order valence-electron chi connectivity index (χ1n) is 10.6. The topological polar surface area (TPSA) is 40.1 Å². The van der Waals surface area contributed by atoms with Gasteiger partial charge in [0.05, 0.1) is 0 Å². The molecule has 0 aromatic heterocycles. The number of ether oxygens (including phenoxy) is 1. The van der Waals surface area contributed by atoms with Gasteiger partial charge in [-0.1, -0.05) is 18.2 Å². The minimum atomic E-state index is 0.641. The molecule has 2 fully saturated rings. The van der Waals surface area contributed by atoms with E-state index in [1.165, 1.54) is 31.4 Å². The van der Waals surface area contributed by atoms with Gasteiger partial charge in [-0.3, -0.25) is 4.99 Å². The molecule has 2 heterocycles. The van der Waals surface area contributed by atoms with Crippen LogP contribution in [-0.4, -0.2) is 63.8 Å². The molecule has 0 saturated carbocycles. The molecule has 1 N–H and O–H groups in total. The maximum absolute atomic E-state index is 5.48. The van der Waals surface area contributed by atoms with Crippen LogP contribution in [0.25, 0.3) is 0 Å². The summed E-state index contributed by atoms with van der Waals surface area (Å²) in [5.41, 5.74) is 1.34. The molecule has 3 rings (SSSR count). The standard InChI is InChI=1S/C22H36N4O/c1-3-23-22(25(2)13-9-19-11-15-27-16-12-19)24-17-20-10-14-26(18-20)21-7-5-4-6-8-21/h4-8,19-20H,3,9-18H2,1-2H3,(H,23,24). The maximum Gasteiger partial charge on any atom is 0.193 e. The Morgan fingerprint density at radius 1 is 1.19 bits per heavy atom. The molecule has 0 amide bonds. The van der Waals surface area contributed by atoms with Crippen LogP contribution < -0.4 is 10.2 Å². The number of para-hydroxylation sites is 1. The summed E-state index contributed by atoms with van der Waals surface area (Å²) >= 11 is 0. The van der Waals surface area contributed by atoms with Gasteiger partial charge in [-0.15, -0.1) is 0 Å². The van der Waals surface area contributed by atoms with E-state index >= 15 is 0 Å². The molecule has 5 heteroatoms. The van der Waals surface area contributed by atoms with E-state index < -0.39 is 0 Å². The Hall–Kier alpha value is -1.75. The minimum Gasteiger partial charge on any atom is -0.381 e. The molecule has 0 bridgehead atoms. The first-order chi connectivity index (χ1) is 13.3. The van der Waals surface area contributed by atoms with Crippen LogP contribution in [0, 0.1) is 11.8 Å². The first kappa shape index (κ1) is 20.0. The van der Waals surface area contributed by atoms with Crippen LogP contribution in [0.5, 0.6) is 0 Å². The molecule has 27 heavy (non-hydrogen) atoms. The highest BCUT2D eigenvalue weighted by atomic mass is 16.5. The van der Waals surface area contributed by atoms with Crippen LogP contribution in [0.2, 0.25) is 0 Å². The van der Waals surface area contributed by atoms with Crippen LogP contribution in [0.15, 0.2) is 35.3 Å². The summed E-state index contributed by atoms with van der Waals surface area (Å²) in [6.45, 7) is 9.16. The zero-order chi connectivity index (χ0) is 18.9. The number of nitrogens with one attached hydrogen (secondary N) is 1. The summed E-state index contributed by atoms with van der Waals surface area (Å²) in [5.74, 6) is 2.50. The summed E-state index contributed by atoms with van der Waals surface area (Å²) in [7, 11) is 2.17. The Balaban J connectivity index is 1.48. The van der Waals surface area contributed by atoms with Crippen molar-refractivity contribution in [1.29, 1.82) is 0 Å². The Bertz CT molecular complexity index is 571. The number of anilines is 1. The highest BCUT2D eigenvalue weighted by molar-refractivity contribution is 5.79. The molecule has 1 aromatic carbocycles. The summed E-state index contributed by atoms with van der Waals surface area (Å²) in [6, 6.07) is 10.7. The highest BCUT2D eigenvalue weighted by Crippen LogP contribution is 2.23. The lowest BCUT2D eigenvalue weighted by atomic mass is 9.96. The van der Waals surface area contributed by atoms with Crippen molar-refractivity contribution in [2.75, 3.05) is 57.9 Å². The van der Waals surface area contributed by atoms with E-state index in [-0.39, 0.29) is 0 Å². The molecule has 0 spiro atoms.